The van der Waals surface area contributed by atoms with Crippen molar-refractivity contribution >= 4 is 35.2 Å². The zero-order valence-corrected chi connectivity index (χ0v) is 15.7. The van der Waals surface area contributed by atoms with Gasteiger partial charge in [0.2, 0.25) is 6.23 Å². The van der Waals surface area contributed by atoms with Crippen LogP contribution in [0.2, 0.25) is 0 Å². The van der Waals surface area contributed by atoms with Crippen molar-refractivity contribution in [1.29, 1.82) is 0 Å². The second kappa shape index (κ2) is 7.34. The number of unbranched alkanes of at least 4 members (excludes halogenated alkanes) is 1. The standard InChI is InChI=1S/C16H28INOS/c1-3-4-5-11(2)9-16(17)10-13(16)8-12-6-7-14(20)18-15(12)19/h8,11,13-15,18-20H,3-7,9-10H2,1-2H3/p+1/b12-8-/t11-,13?,14?,15+,16?/m1/s1. The summed E-state index contributed by atoms with van der Waals surface area (Å²) in [4.78, 5) is 0. The first-order valence-electron chi connectivity index (χ1n) is 7.99. The number of hydrogen-bond acceptors (Lipinski definition) is 2. The van der Waals surface area contributed by atoms with Crippen molar-refractivity contribution in [2.45, 2.75) is 73.8 Å². The van der Waals surface area contributed by atoms with Crippen LogP contribution in [-0.2, 0) is 0 Å². The Morgan fingerprint density at radius 1 is 1.60 bits per heavy atom. The highest BCUT2D eigenvalue weighted by Crippen LogP contribution is 2.57. The van der Waals surface area contributed by atoms with Crippen LogP contribution in [0, 0.1) is 11.8 Å². The molecule has 116 valence electrons. The summed E-state index contributed by atoms with van der Waals surface area (Å²) in [6, 6.07) is 0. The van der Waals surface area contributed by atoms with Crippen molar-refractivity contribution in [3.63, 3.8) is 0 Å². The molecule has 4 heteroatoms. The third-order valence-corrected chi connectivity index (χ3v) is 6.74. The smallest absolute Gasteiger partial charge is 0.234 e. The van der Waals surface area contributed by atoms with E-state index in [-0.39, 0.29) is 11.6 Å². The average molecular weight is 410 g/mol. The van der Waals surface area contributed by atoms with E-state index in [9.17, 15) is 0 Å². The van der Waals surface area contributed by atoms with Crippen LogP contribution in [-0.4, -0.2) is 20.1 Å². The molecule has 0 aromatic rings. The predicted octanol–water partition coefficient (Wildman–Crippen LogP) is 4.01. The molecule has 0 radical (unpaired) electrons. The van der Waals surface area contributed by atoms with Gasteiger partial charge in [-0.2, -0.15) is 12.6 Å². The summed E-state index contributed by atoms with van der Waals surface area (Å²) in [6.45, 7) is 4.68. The van der Waals surface area contributed by atoms with Gasteiger partial charge in [0.15, 0.2) is 0 Å². The lowest BCUT2D eigenvalue weighted by Crippen LogP contribution is -2.40. The van der Waals surface area contributed by atoms with Crippen molar-refractivity contribution in [2.24, 2.45) is 11.8 Å². The van der Waals surface area contributed by atoms with Crippen molar-refractivity contribution in [2.75, 3.05) is 0 Å². The number of hydrogen-bond donors (Lipinski definition) is 2. The van der Waals surface area contributed by atoms with Crippen LogP contribution < -0.4 is 5.32 Å². The second-order valence-corrected chi connectivity index (χ2v) is 9.46. The van der Waals surface area contributed by atoms with Crippen LogP contribution in [0.4, 0.5) is 0 Å². The number of halogens is 1. The molecule has 5 atom stereocenters. The Balaban J connectivity index is 1.84. The van der Waals surface area contributed by atoms with E-state index in [2.05, 4.69) is 60.5 Å². The summed E-state index contributed by atoms with van der Waals surface area (Å²) in [6.07, 6.45) is 11.0. The molecular formula is C16H29INOS+. The van der Waals surface area contributed by atoms with Crippen LogP contribution in [0.3, 0.4) is 0 Å². The molecule has 2 fully saturated rings. The molecule has 20 heavy (non-hydrogen) atoms. The molecule has 2 aliphatic rings. The molecule has 1 aliphatic heterocycles. The maximum absolute atomic E-state index is 8.11. The first-order chi connectivity index (χ1) is 9.44. The Labute approximate surface area is 142 Å². The maximum atomic E-state index is 8.11. The fourth-order valence-electron chi connectivity index (χ4n) is 3.25. The number of thiol groups is 1. The summed E-state index contributed by atoms with van der Waals surface area (Å²) in [5.74, 6) is 1.54. The summed E-state index contributed by atoms with van der Waals surface area (Å²) < 4.78 is 0.482. The molecule has 0 amide bonds. The first-order valence-corrected chi connectivity index (χ1v) is 9.59. The molecule has 0 bridgehead atoms. The predicted molar refractivity (Wildman–Crippen MR) is 98.8 cm³/mol. The monoisotopic (exact) mass is 410 g/mol. The van der Waals surface area contributed by atoms with Crippen molar-refractivity contribution in [1.82, 2.24) is 5.32 Å². The lowest BCUT2D eigenvalue weighted by molar-refractivity contribution is 0.149. The van der Waals surface area contributed by atoms with Gasteiger partial charge in [-0.25, -0.2) is 5.32 Å². The first kappa shape index (κ1) is 17.1. The minimum atomic E-state index is -0.231. The summed E-state index contributed by atoms with van der Waals surface area (Å²) >= 11 is 7.10. The number of alkyl halides is 1. The topological polar surface area (TPSA) is 34.9 Å². The third-order valence-electron chi connectivity index (χ3n) is 4.65. The summed E-state index contributed by atoms with van der Waals surface area (Å²) in [5.41, 5.74) is 1.29. The zero-order chi connectivity index (χ0) is 14.8. The lowest BCUT2D eigenvalue weighted by Gasteiger charge is -2.24. The minimum absolute atomic E-state index is 0.201. The molecule has 0 aromatic heterocycles. The average Bonchev–Trinajstić information content (AvgIpc) is 3.00. The molecule has 1 saturated heterocycles. The van der Waals surface area contributed by atoms with Crippen LogP contribution in [0.15, 0.2) is 11.6 Å². The SMILES string of the molecule is CCCC[C@@H](C)CC1(I)CC1/C=C1/CCC(S)N[C@H]1[OH2+]. The van der Waals surface area contributed by atoms with Gasteiger partial charge in [0, 0.05) is 8.99 Å². The van der Waals surface area contributed by atoms with Crippen molar-refractivity contribution < 1.29 is 5.11 Å². The molecule has 0 aromatic carbocycles. The second-order valence-electron chi connectivity index (χ2n) is 6.69. The number of piperidine rings is 1. The highest BCUT2D eigenvalue weighted by molar-refractivity contribution is 14.1. The van der Waals surface area contributed by atoms with E-state index in [1.165, 1.54) is 37.7 Å². The van der Waals surface area contributed by atoms with E-state index >= 15 is 0 Å². The van der Waals surface area contributed by atoms with E-state index < -0.39 is 0 Å². The van der Waals surface area contributed by atoms with Gasteiger partial charge < -0.3 is 5.11 Å². The van der Waals surface area contributed by atoms with Gasteiger partial charge in [0.25, 0.3) is 0 Å². The van der Waals surface area contributed by atoms with Gasteiger partial charge in [-0.1, -0.05) is 61.8 Å². The van der Waals surface area contributed by atoms with Crippen molar-refractivity contribution in [3.8, 4) is 0 Å². The quantitative estimate of drug-likeness (QED) is 0.224. The number of allylic oxidation sites excluding steroid dienone is 1. The van der Waals surface area contributed by atoms with E-state index in [4.69, 9.17) is 5.11 Å². The maximum Gasteiger partial charge on any atom is 0.234 e. The Kier molecular flexibility index (Phi) is 6.27. The van der Waals surface area contributed by atoms with Crippen LogP contribution >= 0.6 is 35.2 Å². The van der Waals surface area contributed by atoms with E-state index in [0.717, 1.165) is 18.8 Å². The Morgan fingerprint density at radius 3 is 3.00 bits per heavy atom. The van der Waals surface area contributed by atoms with Crippen LogP contribution in [0.25, 0.3) is 0 Å². The largest absolute Gasteiger partial charge is 0.428 e. The Morgan fingerprint density at radius 2 is 2.35 bits per heavy atom. The van der Waals surface area contributed by atoms with Gasteiger partial charge in [-0.15, -0.1) is 0 Å². The normalized spacial score (nSPS) is 40.9. The van der Waals surface area contributed by atoms with Gasteiger partial charge in [-0.3, -0.25) is 0 Å². The molecular weight excluding hydrogens is 381 g/mol. The van der Waals surface area contributed by atoms with E-state index in [1.54, 1.807) is 0 Å². The van der Waals surface area contributed by atoms with Gasteiger partial charge in [-0.05, 0) is 37.5 Å². The van der Waals surface area contributed by atoms with Gasteiger partial charge in [0.05, 0.1) is 5.37 Å². The van der Waals surface area contributed by atoms with Gasteiger partial charge >= 0.3 is 0 Å². The minimum Gasteiger partial charge on any atom is -0.428 e. The third kappa shape index (κ3) is 4.62. The zero-order valence-electron chi connectivity index (χ0n) is 12.7. The van der Waals surface area contributed by atoms with E-state index in [0.29, 0.717) is 9.34 Å². The molecule has 0 spiro atoms. The highest BCUT2D eigenvalue weighted by atomic mass is 127. The molecule has 1 heterocycles. The van der Waals surface area contributed by atoms with Crippen LogP contribution in [0.5, 0.6) is 0 Å². The van der Waals surface area contributed by atoms with E-state index in [1.807, 2.05) is 0 Å². The molecule has 2 nitrogen and oxygen atoms in total. The fourth-order valence-corrected chi connectivity index (χ4v) is 4.94. The molecule has 1 aliphatic carbocycles. The van der Waals surface area contributed by atoms with Gasteiger partial charge in [0.1, 0.15) is 0 Å². The fraction of sp³-hybridized carbons (Fsp3) is 0.875. The molecule has 1 saturated carbocycles. The highest BCUT2D eigenvalue weighted by Gasteiger charge is 2.51. The Hall–Kier alpha value is 0.740. The number of rotatable bonds is 6. The van der Waals surface area contributed by atoms with Crippen molar-refractivity contribution in [3.05, 3.63) is 11.6 Å². The summed E-state index contributed by atoms with van der Waals surface area (Å²) in [7, 11) is 0. The molecule has 2 rings (SSSR count). The molecule has 3 unspecified atom stereocenters. The molecule has 3 N–H and O–H groups in total. The van der Waals surface area contributed by atoms with Crippen LogP contribution in [0.1, 0.15) is 58.8 Å². The number of nitrogens with one attached hydrogen (secondary N) is 1. The Bertz CT molecular complexity index is 362. The summed E-state index contributed by atoms with van der Waals surface area (Å²) in [5, 5.41) is 11.5. The lowest BCUT2D eigenvalue weighted by atomic mass is 9.96.